The van der Waals surface area contributed by atoms with Crippen LogP contribution in [-0.4, -0.2) is 59.9 Å². The SMILES string of the molecule is Nc1nc2c(nnn2[C@@H]2O[C@H](CO)[C@H](F)[C@H]2OP(O)(=S)OF)c(=O)[nH]1. The topological polar surface area (TPSA) is 171 Å². The average molecular weight is 400 g/mol. The van der Waals surface area contributed by atoms with Crippen LogP contribution in [0.3, 0.4) is 0 Å². The van der Waals surface area contributed by atoms with Crippen LogP contribution < -0.4 is 11.3 Å². The Balaban J connectivity index is 2.07. The number of nitrogens with two attached hydrogens (primary N) is 1. The molecule has 2 aromatic rings. The van der Waals surface area contributed by atoms with E-state index >= 15 is 0 Å². The van der Waals surface area contributed by atoms with Gasteiger partial charge in [0.05, 0.1) is 6.61 Å². The molecule has 16 heteroatoms. The number of aliphatic hydroxyl groups excluding tert-OH is 1. The average Bonchev–Trinajstić information content (AvgIpc) is 3.09. The van der Waals surface area contributed by atoms with Gasteiger partial charge in [0, 0.05) is 0 Å². The molecule has 0 saturated carbocycles. The van der Waals surface area contributed by atoms with Gasteiger partial charge in [-0.25, -0.2) is 4.39 Å². The summed E-state index contributed by atoms with van der Waals surface area (Å²) in [6, 6.07) is 0. The lowest BCUT2D eigenvalue weighted by Gasteiger charge is -2.22. The molecule has 1 unspecified atom stereocenters. The van der Waals surface area contributed by atoms with Crippen molar-refractivity contribution in [3.8, 4) is 0 Å². The zero-order chi connectivity index (χ0) is 18.4. The van der Waals surface area contributed by atoms with Crippen LogP contribution in [0.15, 0.2) is 4.79 Å². The summed E-state index contributed by atoms with van der Waals surface area (Å²) in [5, 5.41) is 16.4. The number of ether oxygens (including phenoxy) is 1. The van der Waals surface area contributed by atoms with E-state index in [1.54, 1.807) is 0 Å². The third-order valence-electron chi connectivity index (χ3n) is 3.38. The molecule has 1 fully saturated rings. The molecule has 1 aliphatic heterocycles. The number of anilines is 1. The molecular weight excluding hydrogens is 389 g/mol. The second kappa shape index (κ2) is 6.60. The summed E-state index contributed by atoms with van der Waals surface area (Å²) < 4.78 is 40.8. The molecule has 1 saturated heterocycles. The summed E-state index contributed by atoms with van der Waals surface area (Å²) >= 11 is 4.36. The van der Waals surface area contributed by atoms with Crippen LogP contribution in [0.2, 0.25) is 0 Å². The first-order valence-corrected chi connectivity index (χ1v) is 9.19. The zero-order valence-electron chi connectivity index (χ0n) is 12.0. The maximum Gasteiger partial charge on any atom is 0.359 e. The van der Waals surface area contributed by atoms with Gasteiger partial charge >= 0.3 is 6.72 Å². The smallest absolute Gasteiger partial charge is 0.359 e. The molecular formula is C9H11F2N6O6PS. The molecule has 2 aromatic heterocycles. The highest BCUT2D eigenvalue weighted by Crippen LogP contribution is 2.50. The van der Waals surface area contributed by atoms with E-state index in [-0.39, 0.29) is 17.1 Å². The Hall–Kier alpha value is -1.61. The molecule has 5 atom stereocenters. The van der Waals surface area contributed by atoms with Gasteiger partial charge in [0.15, 0.2) is 23.6 Å². The summed E-state index contributed by atoms with van der Waals surface area (Å²) in [5.74, 6) is -0.272. The number of rotatable bonds is 5. The van der Waals surface area contributed by atoms with E-state index in [0.29, 0.717) is 0 Å². The van der Waals surface area contributed by atoms with Crippen LogP contribution in [0.1, 0.15) is 6.23 Å². The molecule has 0 amide bonds. The van der Waals surface area contributed by atoms with Crippen molar-refractivity contribution in [2.45, 2.75) is 24.6 Å². The number of alkyl halides is 1. The predicted molar refractivity (Wildman–Crippen MR) is 79.8 cm³/mol. The Morgan fingerprint density at radius 3 is 2.92 bits per heavy atom. The molecule has 0 aliphatic carbocycles. The number of aliphatic hydroxyl groups is 1. The number of hydrogen-bond donors (Lipinski definition) is 4. The number of nitrogen functional groups attached to an aromatic ring is 1. The molecule has 0 radical (unpaired) electrons. The minimum atomic E-state index is -4.43. The highest BCUT2D eigenvalue weighted by Gasteiger charge is 2.50. The Morgan fingerprint density at radius 1 is 1.56 bits per heavy atom. The Morgan fingerprint density at radius 2 is 2.28 bits per heavy atom. The van der Waals surface area contributed by atoms with E-state index < -0.39 is 43.5 Å². The van der Waals surface area contributed by atoms with Crippen molar-refractivity contribution in [2.75, 3.05) is 12.3 Å². The molecule has 0 aromatic carbocycles. The van der Waals surface area contributed by atoms with Crippen molar-refractivity contribution in [1.29, 1.82) is 0 Å². The van der Waals surface area contributed by atoms with Crippen LogP contribution in [0.25, 0.3) is 11.2 Å². The third-order valence-corrected chi connectivity index (χ3v) is 4.49. The largest absolute Gasteiger partial charge is 0.394 e. The number of nitrogens with one attached hydrogen (secondary N) is 1. The number of halogens is 2. The van der Waals surface area contributed by atoms with Gasteiger partial charge in [-0.15, -0.1) is 9.83 Å². The molecule has 0 spiro atoms. The van der Waals surface area contributed by atoms with Gasteiger partial charge in [0.25, 0.3) is 5.56 Å². The summed E-state index contributed by atoms with van der Waals surface area (Å²) in [7, 11) is 0. The molecule has 138 valence electrons. The van der Waals surface area contributed by atoms with Gasteiger partial charge in [-0.1, -0.05) is 5.21 Å². The van der Waals surface area contributed by atoms with E-state index in [4.69, 9.17) is 15.0 Å². The summed E-state index contributed by atoms with van der Waals surface area (Å²) in [4.78, 5) is 27.2. The van der Waals surface area contributed by atoms with Crippen molar-refractivity contribution in [1.82, 2.24) is 25.0 Å². The number of aromatic amines is 1. The normalized spacial score (nSPS) is 29.1. The predicted octanol–water partition coefficient (Wildman–Crippen LogP) is -1.17. The lowest BCUT2D eigenvalue weighted by Crippen LogP contribution is -2.32. The highest BCUT2D eigenvalue weighted by molar-refractivity contribution is 8.07. The lowest BCUT2D eigenvalue weighted by molar-refractivity contribution is -0.0703. The summed E-state index contributed by atoms with van der Waals surface area (Å²) in [6.07, 6.45) is -6.65. The van der Waals surface area contributed by atoms with E-state index in [1.807, 2.05) is 0 Å². The van der Waals surface area contributed by atoms with E-state index in [0.717, 1.165) is 4.68 Å². The second-order valence-corrected chi connectivity index (χ2v) is 7.63. The van der Waals surface area contributed by atoms with Gasteiger partial charge in [-0.3, -0.25) is 14.3 Å². The quantitative estimate of drug-likeness (QED) is 0.446. The number of hydrogen-bond acceptors (Lipinski definition) is 10. The van der Waals surface area contributed by atoms with Gasteiger partial charge in [-0.05, 0) is 16.3 Å². The Labute approximate surface area is 141 Å². The fourth-order valence-corrected chi connectivity index (χ4v) is 3.21. The number of nitrogens with zero attached hydrogens (tertiary/aromatic N) is 4. The van der Waals surface area contributed by atoms with Gasteiger partial charge in [-0.2, -0.15) is 9.67 Å². The van der Waals surface area contributed by atoms with Crippen molar-refractivity contribution in [3.05, 3.63) is 10.4 Å². The Kier molecular flexibility index (Phi) is 4.80. The third kappa shape index (κ3) is 3.27. The number of H-pyrrole nitrogens is 1. The second-order valence-electron chi connectivity index (χ2n) is 4.96. The molecule has 3 heterocycles. The highest BCUT2D eigenvalue weighted by atomic mass is 32.5. The number of fused-ring (bicyclic) bond motifs is 1. The molecule has 12 nitrogen and oxygen atoms in total. The summed E-state index contributed by atoms with van der Waals surface area (Å²) in [6.45, 7) is -5.18. The van der Waals surface area contributed by atoms with Gasteiger partial charge in [0.2, 0.25) is 5.95 Å². The summed E-state index contributed by atoms with van der Waals surface area (Å²) in [5.41, 5.74) is 4.32. The van der Waals surface area contributed by atoms with E-state index in [2.05, 4.69) is 36.8 Å². The number of aromatic nitrogens is 5. The monoisotopic (exact) mass is 400 g/mol. The van der Waals surface area contributed by atoms with Gasteiger partial charge < -0.3 is 20.5 Å². The molecule has 0 bridgehead atoms. The molecule has 25 heavy (non-hydrogen) atoms. The fraction of sp³-hybridized carbons (Fsp3) is 0.556. The van der Waals surface area contributed by atoms with Crippen molar-refractivity contribution >= 4 is 35.6 Å². The zero-order valence-corrected chi connectivity index (χ0v) is 13.7. The maximum absolute atomic E-state index is 14.4. The lowest BCUT2D eigenvalue weighted by atomic mass is 10.1. The first kappa shape index (κ1) is 18.2. The maximum atomic E-state index is 14.4. The van der Waals surface area contributed by atoms with Crippen LogP contribution >= 0.6 is 6.72 Å². The van der Waals surface area contributed by atoms with E-state index in [9.17, 15) is 23.7 Å². The standard InChI is InChI=1S/C9H11F2N6O6PS/c10-3-2(1-18)21-8(5(3)22-24(20,25)23-11)17-6-4(15-16-17)7(19)14-9(12)13-6/h2-3,5,8,18H,1H2,(H,20,25)(H3,12,13,14,19)/t2-,3+,5-,8-,24?/m1/s1. The van der Waals surface area contributed by atoms with Crippen molar-refractivity contribution in [3.63, 3.8) is 0 Å². The minimum absolute atomic E-state index is 0.182. The first-order valence-electron chi connectivity index (χ1n) is 6.60. The van der Waals surface area contributed by atoms with Crippen LogP contribution in [-0.2, 0) is 25.8 Å². The van der Waals surface area contributed by atoms with Crippen LogP contribution in [0.4, 0.5) is 14.9 Å². The van der Waals surface area contributed by atoms with Crippen molar-refractivity contribution < 1.29 is 32.9 Å². The molecule has 3 rings (SSSR count). The Bertz CT molecular complexity index is 895. The minimum Gasteiger partial charge on any atom is -0.394 e. The van der Waals surface area contributed by atoms with Crippen LogP contribution in [0, 0.1) is 0 Å². The van der Waals surface area contributed by atoms with E-state index in [1.165, 1.54) is 0 Å². The van der Waals surface area contributed by atoms with Crippen molar-refractivity contribution in [2.24, 2.45) is 0 Å². The molecule has 5 N–H and O–H groups in total. The fourth-order valence-electron chi connectivity index (χ4n) is 2.35. The van der Waals surface area contributed by atoms with Crippen LogP contribution in [0.5, 0.6) is 0 Å². The molecule has 1 aliphatic rings. The van der Waals surface area contributed by atoms with Gasteiger partial charge in [0.1, 0.15) is 12.2 Å². The first-order chi connectivity index (χ1) is 11.8.